The van der Waals surface area contributed by atoms with Crippen molar-refractivity contribution in [2.75, 3.05) is 0 Å². The minimum Gasteiger partial charge on any atom is -0.489 e. The number of halogens is 5. The molecule has 0 bridgehead atoms. The van der Waals surface area contributed by atoms with Crippen LogP contribution in [0.5, 0.6) is 5.75 Å². The van der Waals surface area contributed by atoms with Gasteiger partial charge in [0.2, 0.25) is 0 Å². The maximum Gasteiger partial charge on any atom is 0.416 e. The molecule has 0 fully saturated rings. The number of hydrogen-bond donors (Lipinski definition) is 1. The van der Waals surface area contributed by atoms with Crippen LogP contribution in [-0.2, 0) is 23.5 Å². The first-order chi connectivity index (χ1) is 11.1. The Labute approximate surface area is 133 Å². The van der Waals surface area contributed by atoms with E-state index in [1.165, 1.54) is 0 Å². The number of carboxylic acid groups (broad SMARTS) is 1. The molecule has 0 radical (unpaired) electrons. The Kier molecular flexibility index (Phi) is 4.77. The van der Waals surface area contributed by atoms with E-state index in [1.807, 2.05) is 0 Å². The molecule has 0 aromatic heterocycles. The Morgan fingerprint density at radius 1 is 0.958 bits per heavy atom. The Hall–Kier alpha value is -2.64. The van der Waals surface area contributed by atoms with Gasteiger partial charge in [-0.1, -0.05) is 30.3 Å². The fourth-order valence-corrected chi connectivity index (χ4v) is 1.89. The normalized spacial score (nSPS) is 12.0. The molecular formula is C16H11F5O3. The number of alkyl halides is 5. The number of carboxylic acids is 1. The SMILES string of the molecule is O=C(O)C(F)(F)c1cc(OCc2ccccc2)cc(C(F)(F)F)c1. The zero-order chi connectivity index (χ0) is 18.0. The van der Waals surface area contributed by atoms with Crippen LogP contribution in [0.1, 0.15) is 16.7 Å². The van der Waals surface area contributed by atoms with Crippen molar-refractivity contribution in [2.45, 2.75) is 18.7 Å². The highest BCUT2D eigenvalue weighted by Gasteiger charge is 2.43. The van der Waals surface area contributed by atoms with Crippen molar-refractivity contribution in [3.05, 3.63) is 65.2 Å². The summed E-state index contributed by atoms with van der Waals surface area (Å²) in [5.41, 5.74) is -2.10. The van der Waals surface area contributed by atoms with E-state index >= 15 is 0 Å². The van der Waals surface area contributed by atoms with E-state index in [0.29, 0.717) is 17.7 Å². The molecule has 0 spiro atoms. The summed E-state index contributed by atoms with van der Waals surface area (Å²) in [7, 11) is 0. The zero-order valence-electron chi connectivity index (χ0n) is 12.0. The lowest BCUT2D eigenvalue weighted by Crippen LogP contribution is -2.26. The molecule has 0 unspecified atom stereocenters. The van der Waals surface area contributed by atoms with Crippen molar-refractivity contribution in [1.82, 2.24) is 0 Å². The molecule has 24 heavy (non-hydrogen) atoms. The Morgan fingerprint density at radius 3 is 2.08 bits per heavy atom. The van der Waals surface area contributed by atoms with Crippen LogP contribution in [0.2, 0.25) is 0 Å². The fourth-order valence-electron chi connectivity index (χ4n) is 1.89. The van der Waals surface area contributed by atoms with E-state index in [-0.39, 0.29) is 12.7 Å². The summed E-state index contributed by atoms with van der Waals surface area (Å²) in [6.07, 6.45) is -4.92. The molecule has 2 aromatic carbocycles. The molecule has 2 aromatic rings. The smallest absolute Gasteiger partial charge is 0.416 e. The standard InChI is InChI=1S/C16H11F5O3/c17-15(18,14(22)23)11-6-12(16(19,20)21)8-13(7-11)24-9-10-4-2-1-3-5-10/h1-8H,9H2,(H,22,23). The first kappa shape index (κ1) is 17.7. The lowest BCUT2D eigenvalue weighted by molar-refractivity contribution is -0.166. The molecule has 1 N–H and O–H groups in total. The third-order valence-corrected chi connectivity index (χ3v) is 3.11. The van der Waals surface area contributed by atoms with Gasteiger partial charge in [-0.15, -0.1) is 0 Å². The van der Waals surface area contributed by atoms with E-state index in [9.17, 15) is 26.7 Å². The Morgan fingerprint density at radius 2 is 1.54 bits per heavy atom. The van der Waals surface area contributed by atoms with Gasteiger partial charge in [0.1, 0.15) is 12.4 Å². The highest BCUT2D eigenvalue weighted by molar-refractivity contribution is 5.77. The topological polar surface area (TPSA) is 46.5 Å². The molecule has 0 atom stereocenters. The van der Waals surface area contributed by atoms with Crippen molar-refractivity contribution in [3.8, 4) is 5.75 Å². The van der Waals surface area contributed by atoms with Crippen molar-refractivity contribution in [1.29, 1.82) is 0 Å². The van der Waals surface area contributed by atoms with Crippen LogP contribution < -0.4 is 4.74 Å². The average Bonchev–Trinajstić information content (AvgIpc) is 2.52. The number of rotatable bonds is 5. The van der Waals surface area contributed by atoms with Gasteiger partial charge < -0.3 is 9.84 Å². The van der Waals surface area contributed by atoms with Gasteiger partial charge >= 0.3 is 18.1 Å². The number of benzene rings is 2. The lowest BCUT2D eigenvalue weighted by atomic mass is 10.0. The molecular weight excluding hydrogens is 335 g/mol. The molecule has 0 aliphatic carbocycles. The highest BCUT2D eigenvalue weighted by Crippen LogP contribution is 2.37. The Balaban J connectivity index is 2.38. The molecule has 3 nitrogen and oxygen atoms in total. The van der Waals surface area contributed by atoms with Crippen LogP contribution in [0.15, 0.2) is 48.5 Å². The summed E-state index contributed by atoms with van der Waals surface area (Å²) < 4.78 is 70.8. The van der Waals surface area contributed by atoms with Crippen LogP contribution in [0.3, 0.4) is 0 Å². The monoisotopic (exact) mass is 346 g/mol. The first-order valence-corrected chi connectivity index (χ1v) is 6.61. The molecule has 0 amide bonds. The molecule has 0 aliphatic rings. The molecule has 0 heterocycles. The summed E-state index contributed by atoms with van der Waals surface area (Å²) in [5, 5.41) is 8.52. The number of ether oxygens (including phenoxy) is 1. The summed E-state index contributed by atoms with van der Waals surface area (Å²) in [6, 6.07) is 9.59. The third kappa shape index (κ3) is 4.01. The largest absolute Gasteiger partial charge is 0.489 e. The number of carbonyl (C=O) groups is 1. The maximum atomic E-state index is 13.6. The second kappa shape index (κ2) is 6.46. The predicted octanol–water partition coefficient (Wildman–Crippen LogP) is 4.46. The summed E-state index contributed by atoms with van der Waals surface area (Å²) in [4.78, 5) is 10.6. The van der Waals surface area contributed by atoms with Gasteiger partial charge in [0.05, 0.1) is 5.56 Å². The van der Waals surface area contributed by atoms with Crippen molar-refractivity contribution in [3.63, 3.8) is 0 Å². The van der Waals surface area contributed by atoms with E-state index in [4.69, 9.17) is 9.84 Å². The van der Waals surface area contributed by atoms with Crippen LogP contribution in [0, 0.1) is 0 Å². The van der Waals surface area contributed by atoms with Gasteiger partial charge in [0.25, 0.3) is 0 Å². The molecule has 0 saturated heterocycles. The molecule has 8 heteroatoms. The average molecular weight is 346 g/mol. The van der Waals surface area contributed by atoms with Crippen LogP contribution in [0.4, 0.5) is 22.0 Å². The summed E-state index contributed by atoms with van der Waals surface area (Å²) in [5.74, 6) is -7.51. The summed E-state index contributed by atoms with van der Waals surface area (Å²) in [6.45, 7) is -0.153. The van der Waals surface area contributed by atoms with Crippen molar-refractivity contribution in [2.24, 2.45) is 0 Å². The summed E-state index contributed by atoms with van der Waals surface area (Å²) >= 11 is 0. The van der Waals surface area contributed by atoms with Crippen molar-refractivity contribution < 1.29 is 36.6 Å². The van der Waals surface area contributed by atoms with Gasteiger partial charge in [-0.25, -0.2) is 4.79 Å². The maximum absolute atomic E-state index is 13.6. The molecule has 128 valence electrons. The lowest BCUT2D eigenvalue weighted by Gasteiger charge is -2.17. The third-order valence-electron chi connectivity index (χ3n) is 3.11. The van der Waals surface area contributed by atoms with Gasteiger partial charge in [-0.05, 0) is 23.8 Å². The second-order valence-corrected chi connectivity index (χ2v) is 4.90. The number of hydrogen-bond acceptors (Lipinski definition) is 2. The quantitative estimate of drug-likeness (QED) is 0.813. The highest BCUT2D eigenvalue weighted by atomic mass is 19.4. The van der Waals surface area contributed by atoms with Gasteiger partial charge in [-0.3, -0.25) is 0 Å². The van der Waals surface area contributed by atoms with E-state index in [2.05, 4.69) is 0 Å². The molecule has 0 saturated carbocycles. The van der Waals surface area contributed by atoms with Crippen molar-refractivity contribution >= 4 is 5.97 Å². The van der Waals surface area contributed by atoms with Crippen LogP contribution in [0.25, 0.3) is 0 Å². The predicted molar refractivity (Wildman–Crippen MR) is 73.7 cm³/mol. The van der Waals surface area contributed by atoms with E-state index in [0.717, 1.165) is 0 Å². The number of aliphatic carboxylic acids is 1. The van der Waals surface area contributed by atoms with Crippen LogP contribution >= 0.6 is 0 Å². The van der Waals surface area contributed by atoms with Crippen LogP contribution in [-0.4, -0.2) is 11.1 Å². The fraction of sp³-hybridized carbons (Fsp3) is 0.188. The zero-order valence-corrected chi connectivity index (χ0v) is 12.0. The molecule has 0 aliphatic heterocycles. The minimum absolute atomic E-state index is 0.101. The minimum atomic E-state index is -4.92. The molecule has 2 rings (SSSR count). The van der Waals surface area contributed by atoms with Gasteiger partial charge in [0.15, 0.2) is 0 Å². The van der Waals surface area contributed by atoms with Gasteiger partial charge in [-0.2, -0.15) is 22.0 Å². The second-order valence-electron chi connectivity index (χ2n) is 4.90. The van der Waals surface area contributed by atoms with Gasteiger partial charge in [0, 0.05) is 5.56 Å². The van der Waals surface area contributed by atoms with E-state index in [1.54, 1.807) is 30.3 Å². The van der Waals surface area contributed by atoms with E-state index < -0.39 is 34.9 Å². The first-order valence-electron chi connectivity index (χ1n) is 6.61. The Bertz CT molecular complexity index is 726.